The van der Waals surface area contributed by atoms with Gasteiger partial charge < -0.3 is 19.6 Å². The number of likely N-dealkylation sites (N-methyl/N-ethyl adjacent to an activating group) is 1. The molecule has 1 saturated heterocycles. The quantitative estimate of drug-likeness (QED) is 0.874. The van der Waals surface area contributed by atoms with Crippen LogP contribution in [-0.2, 0) is 6.54 Å². The fourth-order valence-electron chi connectivity index (χ4n) is 2.58. The van der Waals surface area contributed by atoms with Crippen LogP contribution in [0.4, 0.5) is 5.82 Å². The number of carbonyl (C=O) groups is 1. The van der Waals surface area contributed by atoms with Gasteiger partial charge in [0.1, 0.15) is 5.82 Å². The lowest BCUT2D eigenvalue weighted by molar-refractivity contribution is 0.0949. The number of carbonyl (C=O) groups excluding carboxylic acids is 1. The van der Waals surface area contributed by atoms with Crippen LogP contribution < -0.4 is 10.2 Å². The number of hydrogen-bond acceptors (Lipinski definition) is 7. The Morgan fingerprint density at radius 1 is 1.28 bits per heavy atom. The van der Waals surface area contributed by atoms with Gasteiger partial charge in [0.15, 0.2) is 5.82 Å². The van der Waals surface area contributed by atoms with Crippen LogP contribution in [0.15, 0.2) is 22.9 Å². The number of pyridine rings is 1. The van der Waals surface area contributed by atoms with E-state index in [1.165, 1.54) is 0 Å². The highest BCUT2D eigenvalue weighted by Crippen LogP contribution is 2.14. The van der Waals surface area contributed by atoms with E-state index in [1.807, 2.05) is 19.9 Å². The Labute approximate surface area is 147 Å². The van der Waals surface area contributed by atoms with Crippen molar-refractivity contribution < 1.29 is 9.32 Å². The third-order valence-electron chi connectivity index (χ3n) is 4.22. The van der Waals surface area contributed by atoms with Gasteiger partial charge in [-0.1, -0.05) is 19.0 Å². The van der Waals surface area contributed by atoms with Crippen molar-refractivity contribution >= 4 is 11.7 Å². The first-order valence-electron chi connectivity index (χ1n) is 8.53. The Kier molecular flexibility index (Phi) is 5.28. The van der Waals surface area contributed by atoms with Crippen LogP contribution in [0.3, 0.4) is 0 Å². The van der Waals surface area contributed by atoms with Gasteiger partial charge in [-0.05, 0) is 19.2 Å². The smallest absolute Gasteiger partial charge is 0.253 e. The second kappa shape index (κ2) is 7.60. The molecule has 8 heteroatoms. The number of nitrogens with one attached hydrogen (secondary N) is 1. The predicted molar refractivity (Wildman–Crippen MR) is 93.5 cm³/mol. The van der Waals surface area contributed by atoms with Crippen LogP contribution in [0, 0.1) is 0 Å². The van der Waals surface area contributed by atoms with Crippen molar-refractivity contribution in [3.8, 4) is 0 Å². The standard InChI is InChI=1S/C17H24N6O2/c1-12(2)17-20-14(21-25-17)11-19-16(24)13-4-5-15(18-10-13)23-8-6-22(3)7-9-23/h4-5,10,12H,6-9,11H2,1-3H3,(H,19,24). The van der Waals surface area contributed by atoms with Crippen LogP contribution >= 0.6 is 0 Å². The van der Waals surface area contributed by atoms with E-state index in [0.717, 1.165) is 32.0 Å². The van der Waals surface area contributed by atoms with Gasteiger partial charge in [-0.15, -0.1) is 0 Å². The molecule has 0 bridgehead atoms. The van der Waals surface area contributed by atoms with Gasteiger partial charge in [0.05, 0.1) is 12.1 Å². The molecule has 1 aliphatic rings. The van der Waals surface area contributed by atoms with Gasteiger partial charge in [0.25, 0.3) is 5.91 Å². The normalized spacial score (nSPS) is 15.6. The van der Waals surface area contributed by atoms with Gasteiger partial charge in [0, 0.05) is 38.3 Å². The van der Waals surface area contributed by atoms with Gasteiger partial charge in [-0.2, -0.15) is 4.98 Å². The summed E-state index contributed by atoms with van der Waals surface area (Å²) in [7, 11) is 2.12. The largest absolute Gasteiger partial charge is 0.354 e. The Morgan fingerprint density at radius 2 is 2.04 bits per heavy atom. The Hall–Kier alpha value is -2.48. The average Bonchev–Trinajstić information content (AvgIpc) is 3.10. The molecule has 2 aromatic heterocycles. The molecule has 3 heterocycles. The van der Waals surface area contributed by atoms with E-state index >= 15 is 0 Å². The molecule has 1 amide bonds. The summed E-state index contributed by atoms with van der Waals surface area (Å²) in [6, 6.07) is 3.69. The van der Waals surface area contributed by atoms with Crippen molar-refractivity contribution in [2.45, 2.75) is 26.3 Å². The second-order valence-corrected chi connectivity index (χ2v) is 6.58. The molecule has 25 heavy (non-hydrogen) atoms. The maximum Gasteiger partial charge on any atom is 0.253 e. The van der Waals surface area contributed by atoms with Crippen molar-refractivity contribution in [2.75, 3.05) is 38.1 Å². The summed E-state index contributed by atoms with van der Waals surface area (Å²) in [6.07, 6.45) is 1.61. The fraction of sp³-hybridized carbons (Fsp3) is 0.529. The Bertz CT molecular complexity index is 704. The molecule has 0 saturated carbocycles. The minimum absolute atomic E-state index is 0.170. The number of hydrogen-bond donors (Lipinski definition) is 1. The summed E-state index contributed by atoms with van der Waals surface area (Å²) in [5.74, 6) is 1.92. The Morgan fingerprint density at radius 3 is 2.64 bits per heavy atom. The van der Waals surface area contributed by atoms with Crippen LogP contribution in [0.1, 0.15) is 41.8 Å². The first-order valence-corrected chi connectivity index (χ1v) is 8.53. The van der Waals surface area contributed by atoms with E-state index in [1.54, 1.807) is 12.3 Å². The highest BCUT2D eigenvalue weighted by Gasteiger charge is 2.16. The summed E-state index contributed by atoms with van der Waals surface area (Å²) in [5.41, 5.74) is 0.519. The number of piperazine rings is 1. The van der Waals surface area contributed by atoms with Crippen LogP contribution in [0.25, 0.3) is 0 Å². The lowest BCUT2D eigenvalue weighted by Gasteiger charge is -2.33. The molecule has 1 N–H and O–H groups in total. The molecule has 1 aliphatic heterocycles. The highest BCUT2D eigenvalue weighted by atomic mass is 16.5. The van der Waals surface area contributed by atoms with Gasteiger partial charge in [0.2, 0.25) is 5.89 Å². The minimum Gasteiger partial charge on any atom is -0.354 e. The molecule has 0 radical (unpaired) electrons. The third kappa shape index (κ3) is 4.33. The number of amides is 1. The first-order chi connectivity index (χ1) is 12.0. The molecule has 0 spiro atoms. The maximum absolute atomic E-state index is 12.2. The Balaban J connectivity index is 1.55. The zero-order valence-electron chi connectivity index (χ0n) is 14.9. The van der Waals surface area contributed by atoms with E-state index in [-0.39, 0.29) is 18.4 Å². The molecule has 3 rings (SSSR count). The summed E-state index contributed by atoms with van der Waals surface area (Å²) in [5, 5.41) is 6.65. The van der Waals surface area contributed by atoms with E-state index in [2.05, 4.69) is 37.3 Å². The van der Waals surface area contributed by atoms with Gasteiger partial charge >= 0.3 is 0 Å². The third-order valence-corrected chi connectivity index (χ3v) is 4.22. The molecule has 0 aromatic carbocycles. The molecule has 0 unspecified atom stereocenters. The summed E-state index contributed by atoms with van der Waals surface area (Å²) < 4.78 is 5.12. The summed E-state index contributed by atoms with van der Waals surface area (Å²) in [6.45, 7) is 8.12. The average molecular weight is 344 g/mol. The zero-order valence-corrected chi connectivity index (χ0v) is 14.9. The number of rotatable bonds is 5. The van der Waals surface area contributed by atoms with Crippen LogP contribution in [0.2, 0.25) is 0 Å². The fourth-order valence-corrected chi connectivity index (χ4v) is 2.58. The first kappa shape index (κ1) is 17.3. The van der Waals surface area contributed by atoms with Gasteiger partial charge in [-0.3, -0.25) is 4.79 Å². The molecule has 1 fully saturated rings. The number of nitrogens with zero attached hydrogens (tertiary/aromatic N) is 5. The van der Waals surface area contributed by atoms with Crippen LogP contribution in [0.5, 0.6) is 0 Å². The monoisotopic (exact) mass is 344 g/mol. The van der Waals surface area contributed by atoms with Gasteiger partial charge in [-0.25, -0.2) is 4.98 Å². The number of aromatic nitrogens is 3. The summed E-state index contributed by atoms with van der Waals surface area (Å²) >= 11 is 0. The molecule has 8 nitrogen and oxygen atoms in total. The second-order valence-electron chi connectivity index (χ2n) is 6.58. The molecular formula is C17H24N6O2. The zero-order chi connectivity index (χ0) is 17.8. The molecular weight excluding hydrogens is 320 g/mol. The molecule has 2 aromatic rings. The SMILES string of the molecule is CC(C)c1nc(CNC(=O)c2ccc(N3CCN(C)CC3)nc2)no1. The topological polar surface area (TPSA) is 87.4 Å². The lowest BCUT2D eigenvalue weighted by Crippen LogP contribution is -2.44. The van der Waals surface area contributed by atoms with Crippen molar-refractivity contribution in [1.29, 1.82) is 0 Å². The molecule has 0 atom stereocenters. The van der Waals surface area contributed by atoms with Crippen molar-refractivity contribution in [1.82, 2.24) is 25.3 Å². The van der Waals surface area contributed by atoms with Crippen molar-refractivity contribution in [3.63, 3.8) is 0 Å². The lowest BCUT2D eigenvalue weighted by atomic mass is 10.2. The van der Waals surface area contributed by atoms with E-state index in [9.17, 15) is 4.79 Å². The van der Waals surface area contributed by atoms with Crippen molar-refractivity contribution in [2.24, 2.45) is 0 Å². The van der Waals surface area contributed by atoms with Crippen LogP contribution in [-0.4, -0.2) is 59.2 Å². The minimum atomic E-state index is -0.201. The predicted octanol–water partition coefficient (Wildman–Crippen LogP) is 1.27. The molecule has 134 valence electrons. The van der Waals surface area contributed by atoms with E-state index in [4.69, 9.17) is 4.52 Å². The van der Waals surface area contributed by atoms with E-state index in [0.29, 0.717) is 17.3 Å². The highest BCUT2D eigenvalue weighted by molar-refractivity contribution is 5.93. The van der Waals surface area contributed by atoms with Crippen molar-refractivity contribution in [3.05, 3.63) is 35.6 Å². The van der Waals surface area contributed by atoms with E-state index < -0.39 is 0 Å². The summed E-state index contributed by atoms with van der Waals surface area (Å²) in [4.78, 5) is 25.4. The maximum atomic E-state index is 12.2. The number of anilines is 1. The molecule has 0 aliphatic carbocycles.